The Kier molecular flexibility index (Phi) is 4.39. The first-order valence-corrected chi connectivity index (χ1v) is 6.49. The summed E-state index contributed by atoms with van der Waals surface area (Å²) in [5.41, 5.74) is 7.07. The minimum Gasteiger partial charge on any atom is -0.482 e. The van der Waals surface area contributed by atoms with Crippen LogP contribution in [-0.4, -0.2) is 20.8 Å². The Morgan fingerprint density at radius 1 is 1.42 bits per heavy atom. The van der Waals surface area contributed by atoms with Crippen molar-refractivity contribution in [2.24, 2.45) is 12.8 Å². The van der Waals surface area contributed by atoms with Crippen LogP contribution in [0.4, 0.5) is 0 Å². The van der Waals surface area contributed by atoms with Gasteiger partial charge in [0.05, 0.1) is 17.4 Å². The molecule has 0 saturated heterocycles. The smallest absolute Gasteiger partial charge is 0.142 e. The van der Waals surface area contributed by atoms with Crippen molar-refractivity contribution >= 4 is 11.6 Å². The average molecular weight is 281 g/mol. The summed E-state index contributed by atoms with van der Waals surface area (Å²) in [6, 6.07) is 1.60. The Morgan fingerprint density at radius 3 is 2.79 bits per heavy atom. The Bertz CT molecular complexity index is 543. The van der Waals surface area contributed by atoms with Crippen LogP contribution < -0.4 is 10.5 Å². The first kappa shape index (κ1) is 13.8. The molecule has 2 aromatic rings. The van der Waals surface area contributed by atoms with Crippen molar-refractivity contribution in [3.8, 4) is 5.75 Å². The second-order valence-electron chi connectivity index (χ2n) is 4.40. The highest BCUT2D eigenvalue weighted by molar-refractivity contribution is 6.30. The van der Waals surface area contributed by atoms with Crippen molar-refractivity contribution in [2.75, 3.05) is 0 Å². The Morgan fingerprint density at radius 2 is 2.21 bits per heavy atom. The van der Waals surface area contributed by atoms with Crippen molar-refractivity contribution in [3.05, 3.63) is 41.4 Å². The van der Waals surface area contributed by atoms with Gasteiger partial charge < -0.3 is 10.5 Å². The third-order valence-corrected chi connectivity index (χ3v) is 3.06. The van der Waals surface area contributed by atoms with Crippen LogP contribution in [0.5, 0.6) is 5.75 Å². The van der Waals surface area contributed by atoms with Gasteiger partial charge in [-0.3, -0.25) is 9.67 Å². The van der Waals surface area contributed by atoms with Crippen molar-refractivity contribution in [1.82, 2.24) is 14.8 Å². The maximum atomic E-state index is 6.13. The van der Waals surface area contributed by atoms with Gasteiger partial charge in [0.1, 0.15) is 11.9 Å². The number of hydrogen-bond donors (Lipinski definition) is 1. The van der Waals surface area contributed by atoms with E-state index < -0.39 is 0 Å². The molecule has 0 aliphatic heterocycles. The van der Waals surface area contributed by atoms with Crippen LogP contribution in [0.25, 0.3) is 0 Å². The molecular weight excluding hydrogens is 264 g/mol. The number of aromatic nitrogens is 3. The molecule has 2 aromatic heterocycles. The second kappa shape index (κ2) is 6.04. The molecule has 0 radical (unpaired) electrons. The number of halogens is 1. The van der Waals surface area contributed by atoms with E-state index >= 15 is 0 Å². The summed E-state index contributed by atoms with van der Waals surface area (Å²) in [5, 5.41) is 4.69. The molecule has 0 fully saturated rings. The first-order valence-electron chi connectivity index (χ1n) is 6.11. The van der Waals surface area contributed by atoms with Gasteiger partial charge in [-0.25, -0.2) is 0 Å². The highest BCUT2D eigenvalue weighted by Gasteiger charge is 2.22. The van der Waals surface area contributed by atoms with Crippen molar-refractivity contribution < 1.29 is 4.74 Å². The standard InChI is InChI=1S/C13H17ClN4O/c1-3-12(15)13(9-5-17-18(2)8-9)19-11-4-10(14)6-16-7-11/h4-8,12-13H,3,15H2,1-2H3. The number of pyridine rings is 1. The molecule has 2 atom stereocenters. The molecule has 19 heavy (non-hydrogen) atoms. The summed E-state index contributed by atoms with van der Waals surface area (Å²) in [7, 11) is 1.86. The lowest BCUT2D eigenvalue weighted by atomic mass is 10.0. The first-order chi connectivity index (χ1) is 9.10. The molecule has 2 rings (SSSR count). The molecule has 0 aromatic carbocycles. The largest absolute Gasteiger partial charge is 0.482 e. The molecule has 0 amide bonds. The maximum absolute atomic E-state index is 6.13. The molecule has 2 unspecified atom stereocenters. The normalized spacial score (nSPS) is 14.1. The van der Waals surface area contributed by atoms with E-state index in [4.69, 9.17) is 22.1 Å². The van der Waals surface area contributed by atoms with Gasteiger partial charge in [-0.15, -0.1) is 0 Å². The fourth-order valence-electron chi connectivity index (χ4n) is 1.81. The summed E-state index contributed by atoms with van der Waals surface area (Å²) < 4.78 is 7.65. The van der Waals surface area contributed by atoms with Crippen molar-refractivity contribution in [3.63, 3.8) is 0 Å². The monoisotopic (exact) mass is 280 g/mol. The number of aryl methyl sites for hydroxylation is 1. The third kappa shape index (κ3) is 3.45. The van der Waals surface area contributed by atoms with Crippen LogP contribution in [0.2, 0.25) is 5.02 Å². The predicted octanol–water partition coefficient (Wildman–Crippen LogP) is 2.33. The number of nitrogens with zero attached hydrogens (tertiary/aromatic N) is 3. The molecule has 0 saturated carbocycles. The van der Waals surface area contributed by atoms with Crippen LogP contribution in [0.3, 0.4) is 0 Å². The maximum Gasteiger partial charge on any atom is 0.142 e. The zero-order valence-electron chi connectivity index (χ0n) is 11.0. The minimum absolute atomic E-state index is 0.122. The van der Waals surface area contributed by atoms with Crippen LogP contribution >= 0.6 is 11.6 Å². The second-order valence-corrected chi connectivity index (χ2v) is 4.83. The molecule has 5 nitrogen and oxygen atoms in total. The Labute approximate surface area is 117 Å². The summed E-state index contributed by atoms with van der Waals surface area (Å²) >= 11 is 5.90. The molecule has 2 N–H and O–H groups in total. The minimum atomic E-state index is -0.265. The number of rotatable bonds is 5. The van der Waals surface area contributed by atoms with E-state index in [0.717, 1.165) is 12.0 Å². The number of hydrogen-bond acceptors (Lipinski definition) is 4. The number of nitrogens with two attached hydrogens (primary N) is 1. The molecular formula is C13H17ClN4O. The zero-order valence-corrected chi connectivity index (χ0v) is 11.7. The molecule has 0 aliphatic carbocycles. The summed E-state index contributed by atoms with van der Waals surface area (Å²) in [4.78, 5) is 4.00. The van der Waals surface area contributed by atoms with Gasteiger partial charge in [0.25, 0.3) is 0 Å². The molecule has 102 valence electrons. The third-order valence-electron chi connectivity index (χ3n) is 2.86. The van der Waals surface area contributed by atoms with E-state index in [1.54, 1.807) is 29.3 Å². The highest BCUT2D eigenvalue weighted by atomic mass is 35.5. The molecule has 6 heteroatoms. The fourth-order valence-corrected chi connectivity index (χ4v) is 1.97. The molecule has 0 aliphatic rings. The van der Waals surface area contributed by atoms with E-state index in [2.05, 4.69) is 10.1 Å². The lowest BCUT2D eigenvalue weighted by Gasteiger charge is -2.23. The van der Waals surface area contributed by atoms with E-state index in [-0.39, 0.29) is 12.1 Å². The van der Waals surface area contributed by atoms with E-state index in [1.807, 2.05) is 20.2 Å². The lowest BCUT2D eigenvalue weighted by molar-refractivity contribution is 0.170. The summed E-state index contributed by atoms with van der Waals surface area (Å²) in [5.74, 6) is 0.602. The van der Waals surface area contributed by atoms with Gasteiger partial charge in [0.2, 0.25) is 0 Å². The predicted molar refractivity (Wildman–Crippen MR) is 74.1 cm³/mol. The molecule has 0 spiro atoms. The van der Waals surface area contributed by atoms with Gasteiger partial charge >= 0.3 is 0 Å². The lowest BCUT2D eigenvalue weighted by Crippen LogP contribution is -2.31. The van der Waals surface area contributed by atoms with E-state index in [9.17, 15) is 0 Å². The highest BCUT2D eigenvalue weighted by Crippen LogP contribution is 2.26. The van der Waals surface area contributed by atoms with E-state index in [1.165, 1.54) is 0 Å². The van der Waals surface area contributed by atoms with Crippen LogP contribution in [0, 0.1) is 0 Å². The van der Waals surface area contributed by atoms with Crippen LogP contribution in [0.15, 0.2) is 30.9 Å². The van der Waals surface area contributed by atoms with Gasteiger partial charge in [0, 0.05) is 37.1 Å². The number of ether oxygens (including phenoxy) is 1. The zero-order chi connectivity index (χ0) is 13.8. The SMILES string of the molecule is CCC(N)C(Oc1cncc(Cl)c1)c1cnn(C)c1. The quantitative estimate of drug-likeness (QED) is 0.913. The Balaban J connectivity index is 2.24. The van der Waals surface area contributed by atoms with Gasteiger partial charge in [-0.1, -0.05) is 18.5 Å². The van der Waals surface area contributed by atoms with Gasteiger partial charge in [-0.2, -0.15) is 5.10 Å². The van der Waals surface area contributed by atoms with E-state index in [0.29, 0.717) is 10.8 Å². The molecule has 0 bridgehead atoms. The van der Waals surface area contributed by atoms with Crippen molar-refractivity contribution in [1.29, 1.82) is 0 Å². The van der Waals surface area contributed by atoms with Gasteiger partial charge in [0.15, 0.2) is 0 Å². The van der Waals surface area contributed by atoms with Crippen LogP contribution in [-0.2, 0) is 7.05 Å². The Hall–Kier alpha value is -1.59. The average Bonchev–Trinajstić information content (AvgIpc) is 2.81. The summed E-state index contributed by atoms with van der Waals surface area (Å²) in [6.45, 7) is 2.02. The van der Waals surface area contributed by atoms with Crippen LogP contribution in [0.1, 0.15) is 25.0 Å². The summed E-state index contributed by atoms with van der Waals surface area (Å²) in [6.07, 6.45) is 7.38. The molecule has 2 heterocycles. The van der Waals surface area contributed by atoms with Gasteiger partial charge in [-0.05, 0) is 6.42 Å². The fraction of sp³-hybridized carbons (Fsp3) is 0.385. The topological polar surface area (TPSA) is 66.0 Å². The van der Waals surface area contributed by atoms with Crippen molar-refractivity contribution in [2.45, 2.75) is 25.5 Å².